The Labute approximate surface area is 120 Å². The lowest BCUT2D eigenvalue weighted by Gasteiger charge is -2.34. The number of esters is 1. The van der Waals surface area contributed by atoms with E-state index in [1.165, 1.54) is 7.11 Å². The number of carbonyl (C=O) groups excluding carboxylic acids is 1. The van der Waals surface area contributed by atoms with E-state index in [1.54, 1.807) is 0 Å². The molecule has 1 aromatic carbocycles. The molecule has 1 unspecified atom stereocenters. The van der Waals surface area contributed by atoms with E-state index in [4.69, 9.17) is 9.47 Å². The monoisotopic (exact) mass is 277 g/mol. The number of rotatable bonds is 5. The number of benzene rings is 1. The molecule has 1 fully saturated rings. The van der Waals surface area contributed by atoms with Gasteiger partial charge in [-0.2, -0.15) is 0 Å². The molecule has 0 aliphatic carbocycles. The van der Waals surface area contributed by atoms with E-state index >= 15 is 0 Å². The number of hydrogen-bond donors (Lipinski definition) is 1. The third-order valence-corrected chi connectivity index (χ3v) is 3.82. The normalized spacial score (nSPS) is 22.5. The number of nitrogens with one attached hydrogen (secondary N) is 1. The van der Waals surface area contributed by atoms with Gasteiger partial charge in [-0.05, 0) is 30.9 Å². The number of hydrogen-bond acceptors (Lipinski definition) is 4. The smallest absolute Gasteiger partial charge is 0.309 e. The zero-order chi connectivity index (χ0) is 14.4. The van der Waals surface area contributed by atoms with Crippen molar-refractivity contribution in [2.45, 2.75) is 38.3 Å². The maximum Gasteiger partial charge on any atom is 0.309 e. The summed E-state index contributed by atoms with van der Waals surface area (Å²) in [4.78, 5) is 11.4. The zero-order valence-electron chi connectivity index (χ0n) is 12.3. The minimum atomic E-state index is -0.204. The molecule has 1 saturated heterocycles. The highest BCUT2D eigenvalue weighted by molar-refractivity contribution is 5.72. The van der Waals surface area contributed by atoms with Crippen molar-refractivity contribution in [1.82, 2.24) is 5.32 Å². The molecule has 110 valence electrons. The maximum absolute atomic E-state index is 11.4. The van der Waals surface area contributed by atoms with Crippen LogP contribution in [0.2, 0.25) is 0 Å². The molecule has 4 nitrogen and oxygen atoms in total. The second-order valence-corrected chi connectivity index (χ2v) is 5.59. The predicted octanol–water partition coefficient (Wildman–Crippen LogP) is 2.06. The summed E-state index contributed by atoms with van der Waals surface area (Å²) in [5.41, 5.74) is 2.19. The van der Waals surface area contributed by atoms with Crippen molar-refractivity contribution in [2.75, 3.05) is 20.3 Å². The van der Waals surface area contributed by atoms with E-state index in [9.17, 15) is 4.79 Å². The van der Waals surface area contributed by atoms with Crippen LogP contribution in [0.1, 0.15) is 30.9 Å². The van der Waals surface area contributed by atoms with Crippen LogP contribution < -0.4 is 5.32 Å². The van der Waals surface area contributed by atoms with E-state index in [2.05, 4.69) is 18.3 Å². The van der Waals surface area contributed by atoms with Crippen molar-refractivity contribution in [3.05, 3.63) is 35.4 Å². The van der Waals surface area contributed by atoms with Gasteiger partial charge in [0.25, 0.3) is 0 Å². The molecular formula is C16H23NO3. The van der Waals surface area contributed by atoms with E-state index in [0.717, 1.165) is 43.7 Å². The second-order valence-electron chi connectivity index (χ2n) is 5.59. The van der Waals surface area contributed by atoms with E-state index in [-0.39, 0.29) is 11.5 Å². The fraction of sp³-hybridized carbons (Fsp3) is 0.562. The average Bonchev–Trinajstić information content (AvgIpc) is 2.47. The molecule has 0 saturated carbocycles. The average molecular weight is 277 g/mol. The van der Waals surface area contributed by atoms with Crippen LogP contribution in [0.15, 0.2) is 24.3 Å². The molecule has 4 heteroatoms. The van der Waals surface area contributed by atoms with Crippen molar-refractivity contribution in [3.63, 3.8) is 0 Å². The Balaban J connectivity index is 2.00. The van der Waals surface area contributed by atoms with Crippen LogP contribution in [0.25, 0.3) is 0 Å². The number of carbonyl (C=O) groups is 1. The van der Waals surface area contributed by atoms with Gasteiger partial charge in [-0.3, -0.25) is 4.79 Å². The SMILES string of the molecule is COC(=O)Cc1ccccc1CNC1(C)CCCOC1. The largest absolute Gasteiger partial charge is 0.469 e. The Kier molecular flexibility index (Phi) is 5.15. The summed E-state index contributed by atoms with van der Waals surface area (Å²) in [6, 6.07) is 7.98. The van der Waals surface area contributed by atoms with Gasteiger partial charge in [-0.1, -0.05) is 24.3 Å². The molecule has 0 bridgehead atoms. The highest BCUT2D eigenvalue weighted by atomic mass is 16.5. The van der Waals surface area contributed by atoms with Gasteiger partial charge in [-0.25, -0.2) is 0 Å². The first-order valence-electron chi connectivity index (χ1n) is 7.09. The first-order valence-corrected chi connectivity index (χ1v) is 7.09. The molecule has 1 aromatic rings. The quantitative estimate of drug-likeness (QED) is 0.837. The molecular weight excluding hydrogens is 254 g/mol. The van der Waals surface area contributed by atoms with Crippen molar-refractivity contribution in [2.24, 2.45) is 0 Å². The van der Waals surface area contributed by atoms with Crippen molar-refractivity contribution < 1.29 is 14.3 Å². The summed E-state index contributed by atoms with van der Waals surface area (Å²) < 4.78 is 10.3. The molecule has 1 aliphatic heterocycles. The fourth-order valence-corrected chi connectivity index (χ4v) is 2.51. The lowest BCUT2D eigenvalue weighted by Crippen LogP contribution is -2.48. The summed E-state index contributed by atoms with van der Waals surface area (Å²) in [5.74, 6) is -0.204. The number of ether oxygens (including phenoxy) is 2. The highest BCUT2D eigenvalue weighted by Crippen LogP contribution is 2.20. The summed E-state index contributed by atoms with van der Waals surface area (Å²) >= 11 is 0. The van der Waals surface area contributed by atoms with Crippen molar-refractivity contribution in [1.29, 1.82) is 0 Å². The van der Waals surface area contributed by atoms with Crippen LogP contribution in [0.5, 0.6) is 0 Å². The predicted molar refractivity (Wildman–Crippen MR) is 77.5 cm³/mol. The third kappa shape index (κ3) is 4.05. The van der Waals surface area contributed by atoms with Crippen LogP contribution >= 0.6 is 0 Å². The van der Waals surface area contributed by atoms with Gasteiger partial charge in [0.2, 0.25) is 0 Å². The first kappa shape index (κ1) is 15.0. The standard InChI is InChI=1S/C16H23NO3/c1-16(8-5-9-20-12-16)17-11-14-7-4-3-6-13(14)10-15(18)19-2/h3-4,6-7,17H,5,8-12H2,1-2H3. The molecule has 0 spiro atoms. The minimum Gasteiger partial charge on any atom is -0.469 e. The van der Waals surface area contributed by atoms with E-state index in [1.807, 2.05) is 18.2 Å². The lowest BCUT2D eigenvalue weighted by atomic mass is 9.94. The van der Waals surface area contributed by atoms with Crippen LogP contribution in [0.4, 0.5) is 0 Å². The minimum absolute atomic E-state index is 0.0244. The summed E-state index contributed by atoms with van der Waals surface area (Å²) in [6.07, 6.45) is 2.53. The molecule has 2 rings (SSSR count). The van der Waals surface area contributed by atoms with Gasteiger partial charge in [0.05, 0.1) is 20.1 Å². The topological polar surface area (TPSA) is 47.6 Å². The molecule has 20 heavy (non-hydrogen) atoms. The van der Waals surface area contributed by atoms with Gasteiger partial charge in [0, 0.05) is 18.7 Å². The Morgan fingerprint density at radius 3 is 2.80 bits per heavy atom. The lowest BCUT2D eigenvalue weighted by molar-refractivity contribution is -0.139. The Morgan fingerprint density at radius 2 is 2.15 bits per heavy atom. The van der Waals surface area contributed by atoms with Gasteiger partial charge < -0.3 is 14.8 Å². The van der Waals surface area contributed by atoms with Crippen LogP contribution in [0, 0.1) is 0 Å². The molecule has 0 aromatic heterocycles. The summed E-state index contributed by atoms with van der Waals surface area (Å²) in [5, 5.41) is 3.57. The Hall–Kier alpha value is -1.39. The van der Waals surface area contributed by atoms with Gasteiger partial charge in [0.1, 0.15) is 0 Å². The molecule has 1 N–H and O–H groups in total. The van der Waals surface area contributed by atoms with Crippen LogP contribution in [-0.2, 0) is 27.2 Å². The molecule has 0 amide bonds. The summed E-state index contributed by atoms with van der Waals surface area (Å²) in [6.45, 7) is 4.53. The summed E-state index contributed by atoms with van der Waals surface area (Å²) in [7, 11) is 1.42. The Morgan fingerprint density at radius 1 is 1.40 bits per heavy atom. The van der Waals surface area contributed by atoms with Crippen molar-refractivity contribution >= 4 is 5.97 Å². The van der Waals surface area contributed by atoms with E-state index < -0.39 is 0 Å². The number of methoxy groups -OCH3 is 1. The van der Waals surface area contributed by atoms with Gasteiger partial charge in [-0.15, -0.1) is 0 Å². The fourth-order valence-electron chi connectivity index (χ4n) is 2.51. The van der Waals surface area contributed by atoms with Crippen LogP contribution in [0.3, 0.4) is 0 Å². The molecule has 1 aliphatic rings. The second kappa shape index (κ2) is 6.86. The van der Waals surface area contributed by atoms with Gasteiger partial charge in [0.15, 0.2) is 0 Å². The Bertz CT molecular complexity index is 453. The van der Waals surface area contributed by atoms with Crippen LogP contribution in [-0.4, -0.2) is 31.8 Å². The maximum atomic E-state index is 11.4. The van der Waals surface area contributed by atoms with E-state index in [0.29, 0.717) is 6.42 Å². The van der Waals surface area contributed by atoms with Gasteiger partial charge >= 0.3 is 5.97 Å². The molecule has 1 atom stereocenters. The highest BCUT2D eigenvalue weighted by Gasteiger charge is 2.26. The molecule has 1 heterocycles. The third-order valence-electron chi connectivity index (χ3n) is 3.82. The van der Waals surface area contributed by atoms with Crippen molar-refractivity contribution in [3.8, 4) is 0 Å². The first-order chi connectivity index (χ1) is 9.63. The zero-order valence-corrected chi connectivity index (χ0v) is 12.3. The molecule has 0 radical (unpaired) electrons.